The molecule has 2 aromatic rings. The number of amides is 5. The van der Waals surface area contributed by atoms with E-state index in [1.54, 1.807) is 11.0 Å². The first-order valence-corrected chi connectivity index (χ1v) is 15.6. The second-order valence-corrected chi connectivity index (χ2v) is 12.7. The van der Waals surface area contributed by atoms with E-state index < -0.39 is 47.0 Å². The van der Waals surface area contributed by atoms with E-state index in [1.807, 2.05) is 24.3 Å². The van der Waals surface area contributed by atoms with Gasteiger partial charge in [0.05, 0.1) is 6.04 Å². The number of fused-ring (bicyclic) bond motifs is 1. The highest BCUT2D eigenvalue weighted by Crippen LogP contribution is 2.36. The van der Waals surface area contributed by atoms with Gasteiger partial charge >= 0.3 is 0 Å². The number of piperidine rings is 1. The Labute approximate surface area is 256 Å². The third-order valence-electron chi connectivity index (χ3n) is 9.65. The molecule has 0 bridgehead atoms. The van der Waals surface area contributed by atoms with Crippen LogP contribution in [-0.2, 0) is 24.0 Å². The number of para-hydroxylation sites is 1. The number of carbonyl (C=O) groups excluding carboxylic acids is 6. The van der Waals surface area contributed by atoms with Gasteiger partial charge < -0.3 is 31.6 Å². The number of carbonyl (C=O) groups is 6. The van der Waals surface area contributed by atoms with Gasteiger partial charge in [0.25, 0.3) is 11.8 Å². The van der Waals surface area contributed by atoms with E-state index in [4.69, 9.17) is 5.73 Å². The summed E-state index contributed by atoms with van der Waals surface area (Å²) in [5.41, 5.74) is 5.96. The van der Waals surface area contributed by atoms with E-state index in [2.05, 4.69) is 20.9 Å². The van der Waals surface area contributed by atoms with Gasteiger partial charge in [0, 0.05) is 42.4 Å². The maximum absolute atomic E-state index is 13.8. The van der Waals surface area contributed by atoms with E-state index in [1.165, 1.54) is 6.92 Å². The number of ketones is 1. The number of nitrogens with zero attached hydrogens (tertiary/aromatic N) is 1. The van der Waals surface area contributed by atoms with Crippen LogP contribution in [0.15, 0.2) is 30.3 Å². The molecule has 1 saturated carbocycles. The predicted octanol–water partition coefficient (Wildman–Crippen LogP) is 1.68. The Bertz CT molecular complexity index is 1400. The molecule has 6 N–H and O–H groups in total. The summed E-state index contributed by atoms with van der Waals surface area (Å²) in [6.07, 6.45) is 6.94. The highest BCUT2D eigenvalue weighted by atomic mass is 16.2. The summed E-state index contributed by atoms with van der Waals surface area (Å²) in [6, 6.07) is 6.90. The molecule has 5 rings (SSSR count). The van der Waals surface area contributed by atoms with Crippen LogP contribution in [0.4, 0.5) is 0 Å². The Morgan fingerprint density at radius 3 is 2.36 bits per heavy atom. The molecule has 0 radical (unpaired) electrons. The minimum atomic E-state index is -1.32. The minimum absolute atomic E-state index is 0.0185. The Balaban J connectivity index is 1.30. The smallest absolute Gasteiger partial charge is 0.287 e. The fraction of sp³-hybridized carbons (Fsp3) is 0.562. The van der Waals surface area contributed by atoms with Crippen LogP contribution in [0.1, 0.15) is 81.6 Å². The summed E-state index contributed by atoms with van der Waals surface area (Å²) in [6.45, 7) is 2.55. The molecule has 0 unspecified atom stereocenters. The first-order chi connectivity index (χ1) is 21.0. The first-order valence-electron chi connectivity index (χ1n) is 15.6. The zero-order valence-corrected chi connectivity index (χ0v) is 25.2. The van der Waals surface area contributed by atoms with Gasteiger partial charge in [0.15, 0.2) is 0 Å². The highest BCUT2D eigenvalue weighted by Gasteiger charge is 2.47. The number of hydrogen-bond acceptors (Lipinski definition) is 6. The number of H-pyrrole nitrogens is 1. The summed E-state index contributed by atoms with van der Waals surface area (Å²) >= 11 is 0. The molecule has 12 nitrogen and oxygen atoms in total. The summed E-state index contributed by atoms with van der Waals surface area (Å²) in [7, 11) is 0. The number of hydrogen-bond donors (Lipinski definition) is 5. The van der Waals surface area contributed by atoms with Crippen molar-refractivity contribution in [1.29, 1.82) is 0 Å². The second-order valence-electron chi connectivity index (χ2n) is 12.7. The third kappa shape index (κ3) is 7.11. The maximum Gasteiger partial charge on any atom is 0.287 e. The normalized spacial score (nSPS) is 21.4. The molecule has 236 valence electrons. The van der Waals surface area contributed by atoms with Gasteiger partial charge in [0.2, 0.25) is 23.5 Å². The van der Waals surface area contributed by atoms with Gasteiger partial charge in [-0.1, -0.05) is 50.3 Å². The number of aromatic nitrogens is 1. The van der Waals surface area contributed by atoms with Crippen molar-refractivity contribution in [3.05, 3.63) is 36.0 Å². The summed E-state index contributed by atoms with van der Waals surface area (Å²) in [4.78, 5) is 81.7. The van der Waals surface area contributed by atoms with Gasteiger partial charge in [-0.25, -0.2) is 0 Å². The number of nitrogens with two attached hydrogens (primary N) is 1. The van der Waals surface area contributed by atoms with Gasteiger partial charge in [0.1, 0.15) is 11.7 Å². The van der Waals surface area contributed by atoms with Crippen LogP contribution in [0.3, 0.4) is 0 Å². The monoisotopic (exact) mass is 606 g/mol. The van der Waals surface area contributed by atoms with Crippen molar-refractivity contribution in [1.82, 2.24) is 25.8 Å². The Kier molecular flexibility index (Phi) is 9.36. The molecule has 1 spiro atoms. The van der Waals surface area contributed by atoms with E-state index >= 15 is 0 Å². The maximum atomic E-state index is 13.8. The minimum Gasteiger partial charge on any atom is -0.363 e. The van der Waals surface area contributed by atoms with Crippen molar-refractivity contribution in [2.24, 2.45) is 17.6 Å². The molecule has 3 atom stereocenters. The standard InChI is InChI=1S/C32H42N6O6/c1-19(39)38-13-11-32(12-14-38)18-22(29(42)37-32)17-24(27(40)28(33)41)35-30(43)25(15-20-7-3-2-4-8-20)36-31(44)26-16-21-9-5-6-10-23(21)34-26/h5-6,9-10,16,20,22,24-25,34H,2-4,7-8,11-15,17-18H2,1H3,(H2,33,41)(H,35,43)(H,36,44)(H,37,42)/t22-,24-,25-/m0/s1. The van der Waals surface area contributed by atoms with Crippen molar-refractivity contribution in [3.8, 4) is 0 Å². The largest absolute Gasteiger partial charge is 0.363 e. The van der Waals surface area contributed by atoms with E-state index in [0.717, 1.165) is 43.0 Å². The van der Waals surface area contributed by atoms with Crippen molar-refractivity contribution < 1.29 is 28.8 Å². The molecule has 44 heavy (non-hydrogen) atoms. The van der Waals surface area contributed by atoms with Crippen LogP contribution in [0.25, 0.3) is 10.9 Å². The van der Waals surface area contributed by atoms with Crippen LogP contribution >= 0.6 is 0 Å². The quantitative estimate of drug-likeness (QED) is 0.256. The van der Waals surface area contributed by atoms with Crippen LogP contribution in [-0.4, -0.2) is 75.9 Å². The zero-order chi connectivity index (χ0) is 31.4. The number of benzene rings is 1. The Morgan fingerprint density at radius 2 is 1.70 bits per heavy atom. The highest BCUT2D eigenvalue weighted by molar-refractivity contribution is 6.38. The molecule has 5 amide bonds. The molecule has 12 heteroatoms. The van der Waals surface area contributed by atoms with Gasteiger partial charge in [-0.15, -0.1) is 0 Å². The van der Waals surface area contributed by atoms with Crippen LogP contribution in [0.5, 0.6) is 0 Å². The Hall–Kier alpha value is -4.22. The molecule has 3 aliphatic rings. The molecular weight excluding hydrogens is 564 g/mol. The Morgan fingerprint density at radius 1 is 1.00 bits per heavy atom. The van der Waals surface area contributed by atoms with E-state index in [-0.39, 0.29) is 24.2 Å². The van der Waals surface area contributed by atoms with Crippen molar-refractivity contribution in [3.63, 3.8) is 0 Å². The lowest BCUT2D eigenvalue weighted by Gasteiger charge is -2.39. The van der Waals surface area contributed by atoms with Crippen LogP contribution < -0.4 is 21.7 Å². The van der Waals surface area contributed by atoms with E-state index in [9.17, 15) is 28.8 Å². The number of primary amides is 1. The summed E-state index contributed by atoms with van der Waals surface area (Å²) in [5.74, 6) is -3.94. The number of aromatic amines is 1. The average molecular weight is 607 g/mol. The topological polar surface area (TPSA) is 184 Å². The second kappa shape index (κ2) is 13.2. The molecule has 3 fully saturated rings. The number of rotatable bonds is 10. The van der Waals surface area contributed by atoms with Crippen LogP contribution in [0, 0.1) is 11.8 Å². The molecule has 2 aliphatic heterocycles. The zero-order valence-electron chi connectivity index (χ0n) is 25.2. The lowest BCUT2D eigenvalue weighted by molar-refractivity contribution is -0.139. The third-order valence-corrected chi connectivity index (χ3v) is 9.65. The first kappa shape index (κ1) is 31.2. The predicted molar refractivity (Wildman–Crippen MR) is 162 cm³/mol. The lowest BCUT2D eigenvalue weighted by Crippen LogP contribution is -2.54. The fourth-order valence-corrected chi connectivity index (χ4v) is 7.13. The number of Topliss-reactive ketones (excluding diaryl/α,β-unsaturated/α-hetero) is 1. The molecule has 1 aliphatic carbocycles. The molecule has 3 heterocycles. The van der Waals surface area contributed by atoms with Crippen molar-refractivity contribution in [2.75, 3.05) is 13.1 Å². The van der Waals surface area contributed by atoms with Crippen molar-refractivity contribution in [2.45, 2.75) is 88.8 Å². The molecule has 1 aromatic heterocycles. The van der Waals surface area contributed by atoms with Gasteiger partial charge in [-0.3, -0.25) is 28.8 Å². The SMILES string of the molecule is CC(=O)N1CCC2(CC1)C[C@H](C[C@H](NC(=O)[C@H](CC1CCCCC1)NC(=O)c1cc3ccccc3[nH]1)C(=O)C(N)=O)C(=O)N2. The van der Waals surface area contributed by atoms with E-state index in [0.29, 0.717) is 44.5 Å². The number of nitrogens with one attached hydrogen (secondary N) is 4. The van der Waals surface area contributed by atoms with Gasteiger partial charge in [-0.05, 0) is 50.2 Å². The summed E-state index contributed by atoms with van der Waals surface area (Å²) < 4.78 is 0. The average Bonchev–Trinajstić information content (AvgIpc) is 3.57. The number of likely N-dealkylation sites (tertiary alicyclic amines) is 1. The summed E-state index contributed by atoms with van der Waals surface area (Å²) in [5, 5.41) is 9.46. The lowest BCUT2D eigenvalue weighted by atomic mass is 9.81. The molecule has 1 aromatic carbocycles. The van der Waals surface area contributed by atoms with Crippen LogP contribution in [0.2, 0.25) is 0 Å². The molecular formula is C32H42N6O6. The molecule has 2 saturated heterocycles. The van der Waals surface area contributed by atoms with Crippen molar-refractivity contribution >= 4 is 46.2 Å². The fourth-order valence-electron chi connectivity index (χ4n) is 7.13. The van der Waals surface area contributed by atoms with Gasteiger partial charge in [-0.2, -0.15) is 0 Å².